The van der Waals surface area contributed by atoms with Crippen LogP contribution in [0.3, 0.4) is 0 Å². The summed E-state index contributed by atoms with van der Waals surface area (Å²) in [5.41, 5.74) is 4.33. The van der Waals surface area contributed by atoms with Crippen LogP contribution in [0, 0.1) is 6.92 Å². The monoisotopic (exact) mass is 348 g/mol. The predicted octanol–water partition coefficient (Wildman–Crippen LogP) is 4.97. The van der Waals surface area contributed by atoms with Gasteiger partial charge in [-0.3, -0.25) is 4.40 Å². The smallest absolute Gasteiger partial charge is 0.235 e. The van der Waals surface area contributed by atoms with Crippen LogP contribution in [0.25, 0.3) is 17.0 Å². The molecule has 0 fully saturated rings. The fourth-order valence-electron chi connectivity index (χ4n) is 2.76. The predicted molar refractivity (Wildman–Crippen MR) is 102 cm³/mol. The van der Waals surface area contributed by atoms with E-state index in [0.29, 0.717) is 12.3 Å². The average Bonchev–Trinajstić information content (AvgIpc) is 3.00. The number of nitrogens with zero attached hydrogens (tertiary/aromatic N) is 3. The third-order valence-electron chi connectivity index (χ3n) is 4.10. The lowest BCUT2D eigenvalue weighted by Gasteiger charge is -2.09. The van der Waals surface area contributed by atoms with Crippen LogP contribution < -0.4 is 5.32 Å². The number of nitrogens with one attached hydrogen (secondary N) is 1. The van der Waals surface area contributed by atoms with Crippen LogP contribution in [0.5, 0.6) is 0 Å². The number of hydrogen-bond donors (Lipinski definition) is 1. The summed E-state index contributed by atoms with van der Waals surface area (Å²) in [4.78, 5) is 9.07. The summed E-state index contributed by atoms with van der Waals surface area (Å²) in [5, 5.41) is 4.24. The molecular formula is C20H17ClN4. The van der Waals surface area contributed by atoms with Gasteiger partial charge in [-0.05, 0) is 30.7 Å². The van der Waals surface area contributed by atoms with Crippen molar-refractivity contribution in [2.45, 2.75) is 13.5 Å². The second-order valence-electron chi connectivity index (χ2n) is 5.94. The summed E-state index contributed by atoms with van der Waals surface area (Å²) in [7, 11) is 0. The minimum Gasteiger partial charge on any atom is -0.365 e. The first-order chi connectivity index (χ1) is 12.2. The van der Waals surface area contributed by atoms with Gasteiger partial charge in [0.1, 0.15) is 11.5 Å². The maximum absolute atomic E-state index is 5.96. The Kier molecular flexibility index (Phi) is 4.12. The highest BCUT2D eigenvalue weighted by Gasteiger charge is 2.14. The van der Waals surface area contributed by atoms with Gasteiger partial charge in [0.2, 0.25) is 5.78 Å². The molecule has 5 heteroatoms. The lowest BCUT2D eigenvalue weighted by molar-refractivity contribution is 1.06. The first kappa shape index (κ1) is 15.7. The second-order valence-corrected chi connectivity index (χ2v) is 6.38. The summed E-state index contributed by atoms with van der Waals surface area (Å²) in [5.74, 6) is 1.61. The van der Waals surface area contributed by atoms with E-state index in [1.807, 2.05) is 40.9 Å². The second kappa shape index (κ2) is 6.57. The van der Waals surface area contributed by atoms with Crippen molar-refractivity contribution in [1.29, 1.82) is 0 Å². The number of aryl methyl sites for hydroxylation is 1. The Morgan fingerprint density at radius 1 is 1.04 bits per heavy atom. The lowest BCUT2D eigenvalue weighted by Crippen LogP contribution is -2.03. The van der Waals surface area contributed by atoms with Crippen molar-refractivity contribution in [3.05, 3.63) is 83.1 Å². The van der Waals surface area contributed by atoms with Gasteiger partial charge in [0.05, 0.1) is 0 Å². The standard InChI is InChI=1S/C20H17ClN4/c1-14-3-7-16(8-4-14)18-19(25-12-2-11-22-20(25)24-18)23-13-15-5-9-17(21)10-6-15/h2-12,23H,13H2,1H3. The van der Waals surface area contributed by atoms with Crippen LogP contribution in [-0.2, 0) is 6.54 Å². The van der Waals surface area contributed by atoms with E-state index in [0.717, 1.165) is 27.7 Å². The Balaban J connectivity index is 1.73. The van der Waals surface area contributed by atoms with Crippen molar-refractivity contribution in [3.8, 4) is 11.3 Å². The molecule has 0 aliphatic rings. The van der Waals surface area contributed by atoms with E-state index in [-0.39, 0.29) is 0 Å². The Morgan fingerprint density at radius 3 is 2.56 bits per heavy atom. The molecule has 0 saturated carbocycles. The van der Waals surface area contributed by atoms with Crippen LogP contribution in [0.4, 0.5) is 5.82 Å². The summed E-state index contributed by atoms with van der Waals surface area (Å²) < 4.78 is 1.98. The van der Waals surface area contributed by atoms with Gasteiger partial charge in [-0.1, -0.05) is 53.6 Å². The number of halogens is 1. The highest BCUT2D eigenvalue weighted by molar-refractivity contribution is 6.30. The Labute approximate surface area is 151 Å². The molecule has 0 aliphatic heterocycles. The number of aromatic nitrogens is 3. The minimum absolute atomic E-state index is 0.677. The van der Waals surface area contributed by atoms with E-state index in [4.69, 9.17) is 16.6 Å². The van der Waals surface area contributed by atoms with Gasteiger partial charge in [0.25, 0.3) is 0 Å². The van der Waals surface area contributed by atoms with Gasteiger partial charge in [0.15, 0.2) is 0 Å². The Hall–Kier alpha value is -2.85. The first-order valence-corrected chi connectivity index (χ1v) is 8.47. The van der Waals surface area contributed by atoms with Crippen molar-refractivity contribution < 1.29 is 0 Å². The van der Waals surface area contributed by atoms with Crippen molar-refractivity contribution >= 4 is 23.2 Å². The molecule has 0 amide bonds. The molecule has 2 heterocycles. The number of imidazole rings is 1. The molecule has 2 aromatic heterocycles. The van der Waals surface area contributed by atoms with Crippen LogP contribution >= 0.6 is 11.6 Å². The van der Waals surface area contributed by atoms with Gasteiger partial charge in [-0.15, -0.1) is 0 Å². The van der Waals surface area contributed by atoms with Crippen molar-refractivity contribution in [1.82, 2.24) is 14.4 Å². The number of hydrogen-bond acceptors (Lipinski definition) is 3. The maximum atomic E-state index is 5.96. The molecule has 2 aromatic carbocycles. The van der Waals surface area contributed by atoms with Crippen LogP contribution in [-0.4, -0.2) is 14.4 Å². The normalized spacial score (nSPS) is 11.0. The average molecular weight is 349 g/mol. The SMILES string of the molecule is Cc1ccc(-c2nc3ncccn3c2NCc2ccc(Cl)cc2)cc1. The summed E-state index contributed by atoms with van der Waals surface area (Å²) in [6.45, 7) is 2.76. The molecule has 1 N–H and O–H groups in total. The largest absolute Gasteiger partial charge is 0.365 e. The quantitative estimate of drug-likeness (QED) is 0.566. The fourth-order valence-corrected chi connectivity index (χ4v) is 2.88. The van der Waals surface area contributed by atoms with E-state index in [9.17, 15) is 0 Å². The highest BCUT2D eigenvalue weighted by atomic mass is 35.5. The summed E-state index contributed by atoms with van der Waals surface area (Å²) in [6.07, 6.45) is 3.72. The van der Waals surface area contributed by atoms with E-state index >= 15 is 0 Å². The molecule has 0 atom stereocenters. The van der Waals surface area contributed by atoms with Crippen LogP contribution in [0.2, 0.25) is 5.02 Å². The summed E-state index contributed by atoms with van der Waals surface area (Å²) >= 11 is 5.96. The van der Waals surface area contributed by atoms with Gasteiger partial charge < -0.3 is 5.32 Å². The number of rotatable bonds is 4. The molecule has 4 aromatic rings. The van der Waals surface area contributed by atoms with E-state index < -0.39 is 0 Å². The van der Waals surface area contributed by atoms with E-state index in [2.05, 4.69) is 41.5 Å². The molecule has 0 aliphatic carbocycles. The molecule has 0 unspecified atom stereocenters. The fraction of sp³-hybridized carbons (Fsp3) is 0.100. The van der Waals surface area contributed by atoms with Crippen LogP contribution in [0.15, 0.2) is 67.0 Å². The minimum atomic E-state index is 0.677. The maximum Gasteiger partial charge on any atom is 0.235 e. The highest BCUT2D eigenvalue weighted by Crippen LogP contribution is 2.28. The topological polar surface area (TPSA) is 42.2 Å². The van der Waals surface area contributed by atoms with Crippen molar-refractivity contribution in [3.63, 3.8) is 0 Å². The van der Waals surface area contributed by atoms with Gasteiger partial charge >= 0.3 is 0 Å². The molecule has 4 nitrogen and oxygen atoms in total. The van der Waals surface area contributed by atoms with Gasteiger partial charge in [-0.25, -0.2) is 9.97 Å². The zero-order chi connectivity index (χ0) is 17.2. The molecule has 124 valence electrons. The van der Waals surface area contributed by atoms with Gasteiger partial charge in [-0.2, -0.15) is 0 Å². The van der Waals surface area contributed by atoms with E-state index in [1.165, 1.54) is 5.56 Å². The third-order valence-corrected chi connectivity index (χ3v) is 4.35. The van der Waals surface area contributed by atoms with Gasteiger partial charge in [0, 0.05) is 29.5 Å². The number of anilines is 1. The third kappa shape index (κ3) is 3.21. The molecule has 0 spiro atoms. The molecular weight excluding hydrogens is 332 g/mol. The first-order valence-electron chi connectivity index (χ1n) is 8.09. The molecule has 25 heavy (non-hydrogen) atoms. The number of fused-ring (bicyclic) bond motifs is 1. The van der Waals surface area contributed by atoms with Crippen LogP contribution in [0.1, 0.15) is 11.1 Å². The molecule has 4 rings (SSSR count). The summed E-state index contributed by atoms with van der Waals surface area (Å²) in [6, 6.07) is 18.1. The zero-order valence-corrected chi connectivity index (χ0v) is 14.5. The zero-order valence-electron chi connectivity index (χ0n) is 13.8. The van der Waals surface area contributed by atoms with Crippen molar-refractivity contribution in [2.75, 3.05) is 5.32 Å². The Morgan fingerprint density at radius 2 is 1.80 bits per heavy atom. The van der Waals surface area contributed by atoms with E-state index in [1.54, 1.807) is 6.20 Å². The molecule has 0 radical (unpaired) electrons. The Bertz CT molecular complexity index is 1000. The molecule has 0 bridgehead atoms. The molecule has 0 saturated heterocycles. The van der Waals surface area contributed by atoms with Crippen molar-refractivity contribution in [2.24, 2.45) is 0 Å². The number of benzene rings is 2. The lowest BCUT2D eigenvalue weighted by atomic mass is 10.1.